The third kappa shape index (κ3) is 3.82. The minimum Gasteiger partial charge on any atom is -0.390 e. The highest BCUT2D eigenvalue weighted by atomic mass is 16.3. The first-order valence-corrected chi connectivity index (χ1v) is 9.39. The maximum Gasteiger partial charge on any atom is 0.315 e. The standard InChI is InChI=1S/C20H31N3O2/c1-14-7-6-10-20(12-14,23(2)3)13-21-19(25)22-18-16-9-5-4-8-15(16)11-17(18)24/h4-5,8-9,14,17-18,24H,6-7,10-13H2,1-3H3,(H2,21,22,25)/t14-,17+,18-,20-/m1/s1. The number of rotatable bonds is 4. The number of hydrogen-bond acceptors (Lipinski definition) is 3. The number of benzene rings is 1. The second-order valence-corrected chi connectivity index (χ2v) is 8.10. The summed E-state index contributed by atoms with van der Waals surface area (Å²) in [6, 6.07) is 7.41. The van der Waals surface area contributed by atoms with Gasteiger partial charge in [0, 0.05) is 18.5 Å². The molecule has 3 rings (SSSR count). The monoisotopic (exact) mass is 345 g/mol. The lowest BCUT2D eigenvalue weighted by Gasteiger charge is -2.45. The van der Waals surface area contributed by atoms with Gasteiger partial charge in [0.15, 0.2) is 0 Å². The number of nitrogens with zero attached hydrogens (tertiary/aromatic N) is 1. The second-order valence-electron chi connectivity index (χ2n) is 8.10. The molecule has 1 aromatic rings. The van der Waals surface area contributed by atoms with Crippen LogP contribution >= 0.6 is 0 Å². The fourth-order valence-electron chi connectivity index (χ4n) is 4.54. The molecule has 25 heavy (non-hydrogen) atoms. The number of carbonyl (C=O) groups excluding carboxylic acids is 1. The smallest absolute Gasteiger partial charge is 0.315 e. The number of aliphatic hydroxyl groups is 1. The molecule has 0 aliphatic heterocycles. The van der Waals surface area contributed by atoms with Crippen LogP contribution in [-0.4, -0.2) is 48.3 Å². The van der Waals surface area contributed by atoms with E-state index in [1.807, 2.05) is 24.3 Å². The predicted octanol–water partition coefficient (Wildman–Crippen LogP) is 2.45. The third-order valence-corrected chi connectivity index (χ3v) is 6.08. The van der Waals surface area contributed by atoms with Crippen LogP contribution in [0.15, 0.2) is 24.3 Å². The lowest BCUT2D eigenvalue weighted by molar-refractivity contribution is 0.0766. The van der Waals surface area contributed by atoms with Gasteiger partial charge in [0.05, 0.1) is 12.1 Å². The largest absolute Gasteiger partial charge is 0.390 e. The highest BCUT2D eigenvalue weighted by Gasteiger charge is 2.38. The summed E-state index contributed by atoms with van der Waals surface area (Å²) in [6.07, 6.45) is 4.74. The number of hydrogen-bond donors (Lipinski definition) is 3. The van der Waals surface area contributed by atoms with Gasteiger partial charge in [0.25, 0.3) is 0 Å². The number of amides is 2. The number of nitrogens with one attached hydrogen (secondary N) is 2. The molecule has 1 fully saturated rings. The molecular weight excluding hydrogens is 314 g/mol. The van der Waals surface area contributed by atoms with Crippen molar-refractivity contribution in [2.24, 2.45) is 5.92 Å². The molecule has 0 spiro atoms. The van der Waals surface area contributed by atoms with E-state index in [-0.39, 0.29) is 17.6 Å². The summed E-state index contributed by atoms with van der Waals surface area (Å²) in [5, 5.41) is 16.3. The van der Waals surface area contributed by atoms with E-state index in [4.69, 9.17) is 0 Å². The highest BCUT2D eigenvalue weighted by Crippen LogP contribution is 2.35. The number of fused-ring (bicyclic) bond motifs is 1. The lowest BCUT2D eigenvalue weighted by Crippen LogP contribution is -2.56. The van der Waals surface area contributed by atoms with E-state index in [1.165, 1.54) is 12.8 Å². The zero-order valence-electron chi connectivity index (χ0n) is 15.6. The van der Waals surface area contributed by atoms with Crippen molar-refractivity contribution in [3.8, 4) is 0 Å². The van der Waals surface area contributed by atoms with Gasteiger partial charge in [-0.3, -0.25) is 0 Å². The Hall–Kier alpha value is -1.59. The van der Waals surface area contributed by atoms with E-state index in [1.54, 1.807) is 0 Å². The number of aliphatic hydroxyl groups excluding tert-OH is 1. The Kier molecular flexibility index (Phi) is 5.35. The zero-order valence-corrected chi connectivity index (χ0v) is 15.6. The molecule has 0 heterocycles. The Balaban J connectivity index is 1.61. The molecule has 138 valence electrons. The molecule has 1 saturated carbocycles. The summed E-state index contributed by atoms with van der Waals surface area (Å²) < 4.78 is 0. The summed E-state index contributed by atoms with van der Waals surface area (Å²) in [4.78, 5) is 14.8. The second kappa shape index (κ2) is 7.34. The van der Waals surface area contributed by atoms with Crippen LogP contribution in [-0.2, 0) is 6.42 Å². The molecule has 2 aliphatic carbocycles. The molecule has 0 unspecified atom stereocenters. The first-order valence-electron chi connectivity index (χ1n) is 9.39. The number of likely N-dealkylation sites (N-methyl/N-ethyl adjacent to an activating group) is 1. The molecule has 5 heteroatoms. The first kappa shape index (κ1) is 18.2. The maximum absolute atomic E-state index is 12.5. The molecule has 0 aromatic heterocycles. The minimum absolute atomic E-state index is 0.0290. The summed E-state index contributed by atoms with van der Waals surface area (Å²) in [6.45, 7) is 2.93. The van der Waals surface area contributed by atoms with Gasteiger partial charge >= 0.3 is 6.03 Å². The molecule has 0 saturated heterocycles. The van der Waals surface area contributed by atoms with Crippen LogP contribution < -0.4 is 10.6 Å². The molecule has 0 radical (unpaired) electrons. The van der Waals surface area contributed by atoms with E-state index in [0.717, 1.165) is 24.0 Å². The molecule has 3 N–H and O–H groups in total. The third-order valence-electron chi connectivity index (χ3n) is 6.08. The van der Waals surface area contributed by atoms with Crippen molar-refractivity contribution >= 4 is 6.03 Å². The van der Waals surface area contributed by atoms with Crippen molar-refractivity contribution in [1.29, 1.82) is 0 Å². The van der Waals surface area contributed by atoms with Gasteiger partial charge in [0.2, 0.25) is 0 Å². The number of carbonyl (C=O) groups is 1. The van der Waals surface area contributed by atoms with E-state index < -0.39 is 6.10 Å². The fourth-order valence-corrected chi connectivity index (χ4v) is 4.54. The summed E-state index contributed by atoms with van der Waals surface area (Å²) in [5.41, 5.74) is 2.17. The molecule has 2 amide bonds. The van der Waals surface area contributed by atoms with Crippen molar-refractivity contribution in [3.63, 3.8) is 0 Å². The van der Waals surface area contributed by atoms with Crippen molar-refractivity contribution in [2.45, 2.75) is 56.7 Å². The number of urea groups is 1. The van der Waals surface area contributed by atoms with Crippen molar-refractivity contribution in [3.05, 3.63) is 35.4 Å². The van der Waals surface area contributed by atoms with Gasteiger partial charge < -0.3 is 20.6 Å². The van der Waals surface area contributed by atoms with Crippen LogP contribution in [0.5, 0.6) is 0 Å². The van der Waals surface area contributed by atoms with Crippen LogP contribution in [0, 0.1) is 5.92 Å². The minimum atomic E-state index is -0.555. The SMILES string of the molecule is C[C@@H]1CCC[C@@](CNC(=O)N[C@@H]2c3ccccc3C[C@@H]2O)(N(C)C)C1. The first-order chi connectivity index (χ1) is 11.9. The Bertz CT molecular complexity index is 619. The lowest BCUT2D eigenvalue weighted by atomic mass is 9.75. The van der Waals surface area contributed by atoms with E-state index in [9.17, 15) is 9.90 Å². The Labute approximate surface area is 150 Å². The predicted molar refractivity (Wildman–Crippen MR) is 99.5 cm³/mol. The Morgan fingerprint density at radius 3 is 2.84 bits per heavy atom. The zero-order chi connectivity index (χ0) is 18.0. The fraction of sp³-hybridized carbons (Fsp3) is 0.650. The van der Waals surface area contributed by atoms with E-state index >= 15 is 0 Å². The summed E-state index contributed by atoms with van der Waals surface area (Å²) in [5.74, 6) is 0.685. The average molecular weight is 345 g/mol. The summed E-state index contributed by atoms with van der Waals surface area (Å²) >= 11 is 0. The molecule has 4 atom stereocenters. The maximum atomic E-state index is 12.5. The van der Waals surface area contributed by atoms with Gasteiger partial charge in [-0.05, 0) is 44.0 Å². The van der Waals surface area contributed by atoms with Crippen LogP contribution in [0.2, 0.25) is 0 Å². The van der Waals surface area contributed by atoms with Crippen LogP contribution in [0.3, 0.4) is 0 Å². The molecule has 1 aromatic carbocycles. The van der Waals surface area contributed by atoms with E-state index in [2.05, 4.69) is 36.6 Å². The van der Waals surface area contributed by atoms with Crippen LogP contribution in [0.25, 0.3) is 0 Å². The Morgan fingerprint density at radius 2 is 2.12 bits per heavy atom. The van der Waals surface area contributed by atoms with Crippen LogP contribution in [0.4, 0.5) is 4.79 Å². The van der Waals surface area contributed by atoms with Crippen molar-refractivity contribution < 1.29 is 9.90 Å². The van der Waals surface area contributed by atoms with Gasteiger partial charge in [0.1, 0.15) is 0 Å². The average Bonchev–Trinajstić information content (AvgIpc) is 2.89. The van der Waals surface area contributed by atoms with Gasteiger partial charge in [-0.25, -0.2) is 4.79 Å². The van der Waals surface area contributed by atoms with Crippen LogP contribution in [0.1, 0.15) is 49.8 Å². The van der Waals surface area contributed by atoms with Crippen molar-refractivity contribution in [1.82, 2.24) is 15.5 Å². The highest BCUT2D eigenvalue weighted by molar-refractivity contribution is 5.75. The molecular formula is C20H31N3O2. The molecule has 2 aliphatic rings. The molecule has 0 bridgehead atoms. The molecule has 5 nitrogen and oxygen atoms in total. The topological polar surface area (TPSA) is 64.6 Å². The van der Waals surface area contributed by atoms with E-state index in [0.29, 0.717) is 18.9 Å². The van der Waals surface area contributed by atoms with Crippen molar-refractivity contribution in [2.75, 3.05) is 20.6 Å². The normalized spacial score (nSPS) is 31.6. The van der Waals surface area contributed by atoms with Gasteiger partial charge in [-0.2, -0.15) is 0 Å². The van der Waals surface area contributed by atoms with Gasteiger partial charge in [-0.1, -0.05) is 44.0 Å². The quantitative estimate of drug-likeness (QED) is 0.785. The summed E-state index contributed by atoms with van der Waals surface area (Å²) in [7, 11) is 4.21. The van der Waals surface area contributed by atoms with Gasteiger partial charge in [-0.15, -0.1) is 0 Å². The Morgan fingerprint density at radius 1 is 1.36 bits per heavy atom.